The van der Waals surface area contributed by atoms with Crippen LogP contribution in [0.25, 0.3) is 0 Å². The molecular weight excluding hydrogens is 124 g/mol. The van der Waals surface area contributed by atoms with Crippen LogP contribution in [0.3, 0.4) is 0 Å². The molecular formula is C8H10N2. The van der Waals surface area contributed by atoms with Gasteiger partial charge in [-0.2, -0.15) is 0 Å². The highest BCUT2D eigenvalue weighted by Gasteiger charge is 2.22. The molecule has 0 aromatic carbocycles. The summed E-state index contributed by atoms with van der Waals surface area (Å²) in [6, 6.07) is 0.449. The molecule has 0 aromatic heterocycles. The maximum atomic E-state index is 4.34. The van der Waals surface area contributed by atoms with E-state index in [0.717, 1.165) is 6.67 Å². The molecule has 2 aliphatic rings. The van der Waals surface area contributed by atoms with Gasteiger partial charge < -0.3 is 0 Å². The SMILES string of the molecule is CN1CN=C2C=CC=CC21. The van der Waals surface area contributed by atoms with Gasteiger partial charge in [0.15, 0.2) is 0 Å². The molecule has 10 heavy (non-hydrogen) atoms. The predicted octanol–water partition coefficient (Wildman–Crippen LogP) is 0.825. The molecule has 0 saturated heterocycles. The second kappa shape index (κ2) is 2.06. The Morgan fingerprint density at radius 2 is 2.50 bits per heavy atom. The highest BCUT2D eigenvalue weighted by Crippen LogP contribution is 2.13. The summed E-state index contributed by atoms with van der Waals surface area (Å²) in [5.41, 5.74) is 1.20. The smallest absolute Gasteiger partial charge is 0.0919 e. The third-order valence-corrected chi connectivity index (χ3v) is 1.93. The van der Waals surface area contributed by atoms with Crippen molar-refractivity contribution in [2.45, 2.75) is 6.04 Å². The molecule has 1 atom stereocenters. The zero-order valence-electron chi connectivity index (χ0n) is 5.99. The fourth-order valence-electron chi connectivity index (χ4n) is 1.32. The van der Waals surface area contributed by atoms with E-state index in [1.807, 2.05) is 6.08 Å². The standard InChI is InChI=1S/C8H10N2/c1-10-6-9-7-4-2-3-5-8(7)10/h2-5,8H,6H2,1H3. The third-order valence-electron chi connectivity index (χ3n) is 1.93. The van der Waals surface area contributed by atoms with E-state index in [-0.39, 0.29) is 0 Å². The average Bonchev–Trinajstić information content (AvgIpc) is 2.34. The van der Waals surface area contributed by atoms with E-state index in [2.05, 4.69) is 35.2 Å². The summed E-state index contributed by atoms with van der Waals surface area (Å²) in [7, 11) is 2.09. The Kier molecular flexibility index (Phi) is 1.21. The van der Waals surface area contributed by atoms with Crippen LogP contribution in [-0.2, 0) is 0 Å². The van der Waals surface area contributed by atoms with Crippen LogP contribution in [0.2, 0.25) is 0 Å². The number of allylic oxidation sites excluding steroid dienone is 2. The molecule has 0 bridgehead atoms. The number of hydrogen-bond acceptors (Lipinski definition) is 2. The largest absolute Gasteiger partial charge is 0.275 e. The van der Waals surface area contributed by atoms with Crippen molar-refractivity contribution in [2.75, 3.05) is 13.7 Å². The van der Waals surface area contributed by atoms with Crippen LogP contribution in [-0.4, -0.2) is 30.4 Å². The van der Waals surface area contributed by atoms with E-state index in [0.29, 0.717) is 6.04 Å². The molecule has 0 fully saturated rings. The van der Waals surface area contributed by atoms with Gasteiger partial charge in [-0.3, -0.25) is 9.89 Å². The molecule has 1 heterocycles. The number of rotatable bonds is 0. The molecule has 1 aliphatic carbocycles. The van der Waals surface area contributed by atoms with Crippen LogP contribution in [0.15, 0.2) is 29.3 Å². The fraction of sp³-hybridized carbons (Fsp3) is 0.375. The van der Waals surface area contributed by atoms with Gasteiger partial charge in [-0.25, -0.2) is 0 Å². The van der Waals surface area contributed by atoms with E-state index in [1.54, 1.807) is 0 Å². The summed E-state index contributed by atoms with van der Waals surface area (Å²) < 4.78 is 0. The van der Waals surface area contributed by atoms with Crippen molar-refractivity contribution in [3.05, 3.63) is 24.3 Å². The summed E-state index contributed by atoms with van der Waals surface area (Å²) in [5.74, 6) is 0. The lowest BCUT2D eigenvalue weighted by Gasteiger charge is -2.16. The highest BCUT2D eigenvalue weighted by molar-refractivity contribution is 6.02. The lowest BCUT2D eigenvalue weighted by Crippen LogP contribution is -2.30. The topological polar surface area (TPSA) is 15.6 Å². The quantitative estimate of drug-likeness (QED) is 0.479. The van der Waals surface area contributed by atoms with E-state index < -0.39 is 0 Å². The minimum Gasteiger partial charge on any atom is -0.275 e. The molecule has 0 saturated carbocycles. The van der Waals surface area contributed by atoms with Gasteiger partial charge in [-0.05, 0) is 13.1 Å². The number of fused-ring (bicyclic) bond motifs is 1. The maximum Gasteiger partial charge on any atom is 0.0919 e. The summed E-state index contributed by atoms with van der Waals surface area (Å²) in [5, 5.41) is 0. The molecule has 0 radical (unpaired) electrons. The van der Waals surface area contributed by atoms with Crippen molar-refractivity contribution in [2.24, 2.45) is 4.99 Å². The van der Waals surface area contributed by atoms with Crippen LogP contribution < -0.4 is 0 Å². The summed E-state index contributed by atoms with van der Waals surface area (Å²) in [4.78, 5) is 6.56. The number of hydrogen-bond donors (Lipinski definition) is 0. The van der Waals surface area contributed by atoms with Gasteiger partial charge in [0.1, 0.15) is 0 Å². The van der Waals surface area contributed by atoms with Crippen LogP contribution in [0, 0.1) is 0 Å². The average molecular weight is 134 g/mol. The van der Waals surface area contributed by atoms with Gasteiger partial charge in [0.25, 0.3) is 0 Å². The summed E-state index contributed by atoms with van der Waals surface area (Å²) in [6.45, 7) is 0.842. The lowest BCUT2D eigenvalue weighted by atomic mass is 10.1. The minimum absolute atomic E-state index is 0.449. The first kappa shape index (κ1) is 5.86. The Morgan fingerprint density at radius 3 is 3.30 bits per heavy atom. The van der Waals surface area contributed by atoms with E-state index in [9.17, 15) is 0 Å². The fourth-order valence-corrected chi connectivity index (χ4v) is 1.32. The van der Waals surface area contributed by atoms with E-state index >= 15 is 0 Å². The number of nitrogens with zero attached hydrogens (tertiary/aromatic N) is 2. The molecule has 2 rings (SSSR count). The first-order chi connectivity index (χ1) is 4.88. The normalized spacial score (nSPS) is 30.5. The Bertz CT molecular complexity index is 225. The van der Waals surface area contributed by atoms with Gasteiger partial charge in [-0.15, -0.1) is 0 Å². The van der Waals surface area contributed by atoms with Crippen LogP contribution in [0.4, 0.5) is 0 Å². The Morgan fingerprint density at radius 1 is 1.60 bits per heavy atom. The monoisotopic (exact) mass is 134 g/mol. The number of aliphatic imine (C=N–C) groups is 1. The minimum atomic E-state index is 0.449. The highest BCUT2D eigenvalue weighted by atomic mass is 15.2. The first-order valence-electron chi connectivity index (χ1n) is 3.47. The van der Waals surface area contributed by atoms with Crippen LogP contribution in [0.5, 0.6) is 0 Å². The first-order valence-corrected chi connectivity index (χ1v) is 3.47. The van der Waals surface area contributed by atoms with Crippen LogP contribution in [0.1, 0.15) is 0 Å². The summed E-state index contributed by atoms with van der Waals surface area (Å²) >= 11 is 0. The molecule has 0 spiro atoms. The Labute approximate surface area is 60.6 Å². The van der Waals surface area contributed by atoms with Crippen molar-refractivity contribution >= 4 is 5.71 Å². The second-order valence-electron chi connectivity index (χ2n) is 2.67. The molecule has 52 valence electrons. The van der Waals surface area contributed by atoms with Gasteiger partial charge in [-0.1, -0.05) is 18.2 Å². The van der Waals surface area contributed by atoms with Crippen LogP contribution >= 0.6 is 0 Å². The van der Waals surface area contributed by atoms with Crippen molar-refractivity contribution in [1.29, 1.82) is 0 Å². The van der Waals surface area contributed by atoms with Gasteiger partial charge in [0.2, 0.25) is 0 Å². The maximum absolute atomic E-state index is 4.34. The van der Waals surface area contributed by atoms with Gasteiger partial charge in [0, 0.05) is 0 Å². The molecule has 2 heteroatoms. The van der Waals surface area contributed by atoms with Crippen molar-refractivity contribution in [1.82, 2.24) is 4.90 Å². The Hall–Kier alpha value is -0.890. The Balaban J connectivity index is 2.30. The summed E-state index contributed by atoms with van der Waals surface area (Å²) in [6.07, 6.45) is 8.36. The molecule has 1 unspecified atom stereocenters. The number of likely N-dealkylation sites (N-methyl/N-ethyl adjacent to an activating group) is 1. The third kappa shape index (κ3) is 0.727. The molecule has 1 aliphatic heterocycles. The molecule has 0 amide bonds. The van der Waals surface area contributed by atoms with Gasteiger partial charge in [0.05, 0.1) is 18.4 Å². The molecule has 2 nitrogen and oxygen atoms in total. The van der Waals surface area contributed by atoms with E-state index in [1.165, 1.54) is 5.71 Å². The zero-order valence-corrected chi connectivity index (χ0v) is 5.99. The molecule has 0 aromatic rings. The van der Waals surface area contributed by atoms with Gasteiger partial charge >= 0.3 is 0 Å². The lowest BCUT2D eigenvalue weighted by molar-refractivity contribution is 0.371. The van der Waals surface area contributed by atoms with Crippen molar-refractivity contribution in [3.63, 3.8) is 0 Å². The van der Waals surface area contributed by atoms with Crippen molar-refractivity contribution < 1.29 is 0 Å². The van der Waals surface area contributed by atoms with E-state index in [4.69, 9.17) is 0 Å². The predicted molar refractivity (Wildman–Crippen MR) is 42.1 cm³/mol. The molecule has 0 N–H and O–H groups in total. The zero-order chi connectivity index (χ0) is 6.97. The second-order valence-corrected chi connectivity index (χ2v) is 2.67. The van der Waals surface area contributed by atoms with Crippen molar-refractivity contribution in [3.8, 4) is 0 Å².